The molecule has 0 bridgehead atoms. The second kappa shape index (κ2) is 3.42. The van der Waals surface area contributed by atoms with Crippen molar-refractivity contribution < 1.29 is 0 Å². The van der Waals surface area contributed by atoms with E-state index < -0.39 is 0 Å². The number of hydrogen-bond donors (Lipinski definition) is 1. The van der Waals surface area contributed by atoms with E-state index in [1.54, 1.807) is 11.3 Å². The SMILES string of the molecule is C=C(C)NCc1cccs1. The topological polar surface area (TPSA) is 12.0 Å². The summed E-state index contributed by atoms with van der Waals surface area (Å²) in [5, 5.41) is 5.24. The Bertz CT molecular complexity index is 201. The van der Waals surface area contributed by atoms with Gasteiger partial charge in [0.25, 0.3) is 0 Å². The molecule has 1 nitrogen and oxygen atoms in total. The van der Waals surface area contributed by atoms with E-state index in [1.165, 1.54) is 4.88 Å². The van der Waals surface area contributed by atoms with Crippen molar-refractivity contribution in [3.05, 3.63) is 34.7 Å². The Morgan fingerprint density at radius 3 is 3.10 bits per heavy atom. The van der Waals surface area contributed by atoms with Crippen LogP contribution in [0.2, 0.25) is 0 Å². The molecule has 0 atom stereocenters. The summed E-state index contributed by atoms with van der Waals surface area (Å²) in [7, 11) is 0. The highest BCUT2D eigenvalue weighted by Crippen LogP contribution is 2.07. The first kappa shape index (κ1) is 7.35. The van der Waals surface area contributed by atoms with Gasteiger partial charge in [0.05, 0.1) is 0 Å². The van der Waals surface area contributed by atoms with Gasteiger partial charge in [0.2, 0.25) is 0 Å². The zero-order chi connectivity index (χ0) is 7.40. The quantitative estimate of drug-likeness (QED) is 0.703. The molecule has 1 aromatic heterocycles. The van der Waals surface area contributed by atoms with Gasteiger partial charge in [0, 0.05) is 17.1 Å². The second-order valence-corrected chi connectivity index (χ2v) is 3.25. The molecule has 1 N–H and O–H groups in total. The van der Waals surface area contributed by atoms with Crippen molar-refractivity contribution in [2.24, 2.45) is 0 Å². The smallest absolute Gasteiger partial charge is 0.0490 e. The summed E-state index contributed by atoms with van der Waals surface area (Å²) >= 11 is 1.76. The van der Waals surface area contributed by atoms with Gasteiger partial charge < -0.3 is 5.32 Å². The van der Waals surface area contributed by atoms with Gasteiger partial charge >= 0.3 is 0 Å². The molecule has 0 aliphatic carbocycles. The summed E-state index contributed by atoms with van der Waals surface area (Å²) in [6.45, 7) is 6.62. The van der Waals surface area contributed by atoms with Crippen LogP contribution in [0.1, 0.15) is 11.8 Å². The molecular formula is C8H11NS. The lowest BCUT2D eigenvalue weighted by Crippen LogP contribution is -2.07. The van der Waals surface area contributed by atoms with Crippen molar-refractivity contribution >= 4 is 11.3 Å². The number of allylic oxidation sites excluding steroid dienone is 1. The average molecular weight is 153 g/mol. The minimum absolute atomic E-state index is 0.910. The van der Waals surface area contributed by atoms with Crippen molar-refractivity contribution in [2.75, 3.05) is 0 Å². The molecule has 2 heteroatoms. The average Bonchev–Trinajstić information content (AvgIpc) is 2.34. The van der Waals surface area contributed by atoms with Crippen LogP contribution in [-0.2, 0) is 6.54 Å². The van der Waals surface area contributed by atoms with Crippen LogP contribution >= 0.6 is 11.3 Å². The summed E-state index contributed by atoms with van der Waals surface area (Å²) in [6, 6.07) is 4.17. The van der Waals surface area contributed by atoms with Crippen LogP contribution in [0.4, 0.5) is 0 Å². The summed E-state index contributed by atoms with van der Waals surface area (Å²) < 4.78 is 0. The molecule has 0 aliphatic heterocycles. The molecule has 0 aliphatic rings. The Balaban J connectivity index is 2.35. The van der Waals surface area contributed by atoms with E-state index in [0.717, 1.165) is 12.2 Å². The molecule has 0 saturated heterocycles. The number of thiophene rings is 1. The first-order chi connectivity index (χ1) is 4.79. The van der Waals surface area contributed by atoms with Gasteiger partial charge in [-0.15, -0.1) is 11.3 Å². The lowest BCUT2D eigenvalue weighted by Gasteiger charge is -2.00. The maximum absolute atomic E-state index is 3.75. The molecule has 0 saturated carbocycles. The zero-order valence-corrected chi connectivity index (χ0v) is 6.87. The lowest BCUT2D eigenvalue weighted by molar-refractivity contribution is 0.829. The highest BCUT2D eigenvalue weighted by atomic mass is 32.1. The van der Waals surface area contributed by atoms with Crippen molar-refractivity contribution in [3.63, 3.8) is 0 Å². The van der Waals surface area contributed by atoms with Crippen LogP contribution < -0.4 is 5.32 Å². The molecule has 54 valence electrons. The van der Waals surface area contributed by atoms with Crippen LogP contribution in [0, 0.1) is 0 Å². The number of rotatable bonds is 3. The van der Waals surface area contributed by atoms with E-state index in [1.807, 2.05) is 6.92 Å². The van der Waals surface area contributed by atoms with E-state index in [-0.39, 0.29) is 0 Å². The van der Waals surface area contributed by atoms with E-state index in [4.69, 9.17) is 0 Å². The molecular weight excluding hydrogens is 142 g/mol. The largest absolute Gasteiger partial charge is 0.384 e. The molecule has 0 fully saturated rings. The van der Waals surface area contributed by atoms with Gasteiger partial charge in [-0.25, -0.2) is 0 Å². The van der Waals surface area contributed by atoms with Crippen molar-refractivity contribution in [3.8, 4) is 0 Å². The number of nitrogens with one attached hydrogen (secondary N) is 1. The zero-order valence-electron chi connectivity index (χ0n) is 6.05. The standard InChI is InChI=1S/C8H11NS/c1-7(2)9-6-8-4-3-5-10-8/h3-5,9H,1,6H2,2H3. The van der Waals surface area contributed by atoms with Crippen molar-refractivity contribution in [1.82, 2.24) is 5.32 Å². The maximum Gasteiger partial charge on any atom is 0.0490 e. The molecule has 10 heavy (non-hydrogen) atoms. The maximum atomic E-state index is 3.75. The molecule has 1 rings (SSSR count). The predicted octanol–water partition coefficient (Wildman–Crippen LogP) is 2.37. The third-order valence-corrected chi connectivity index (χ3v) is 2.02. The van der Waals surface area contributed by atoms with E-state index in [2.05, 4.69) is 29.4 Å². The highest BCUT2D eigenvalue weighted by molar-refractivity contribution is 7.09. The van der Waals surface area contributed by atoms with E-state index in [0.29, 0.717) is 0 Å². The Hall–Kier alpha value is -0.760. The Kier molecular flexibility index (Phi) is 2.51. The second-order valence-electron chi connectivity index (χ2n) is 2.21. The fourth-order valence-corrected chi connectivity index (χ4v) is 1.30. The van der Waals surface area contributed by atoms with Gasteiger partial charge in [-0.05, 0) is 18.4 Å². The molecule has 1 heterocycles. The number of hydrogen-bond acceptors (Lipinski definition) is 2. The van der Waals surface area contributed by atoms with Gasteiger partial charge in [0.1, 0.15) is 0 Å². The molecule has 1 aromatic rings. The molecule has 0 unspecified atom stereocenters. The van der Waals surface area contributed by atoms with Gasteiger partial charge in [0.15, 0.2) is 0 Å². The third-order valence-electron chi connectivity index (χ3n) is 1.14. The van der Waals surface area contributed by atoms with Crippen LogP contribution in [-0.4, -0.2) is 0 Å². The van der Waals surface area contributed by atoms with Crippen molar-refractivity contribution in [2.45, 2.75) is 13.5 Å². The highest BCUT2D eigenvalue weighted by Gasteiger charge is 1.89. The van der Waals surface area contributed by atoms with Gasteiger partial charge in [-0.2, -0.15) is 0 Å². The minimum Gasteiger partial charge on any atom is -0.384 e. The van der Waals surface area contributed by atoms with Crippen LogP contribution in [0.15, 0.2) is 29.8 Å². The van der Waals surface area contributed by atoms with Crippen LogP contribution in [0.3, 0.4) is 0 Å². The Morgan fingerprint density at radius 2 is 2.60 bits per heavy atom. The van der Waals surface area contributed by atoms with Crippen LogP contribution in [0.5, 0.6) is 0 Å². The fourth-order valence-electron chi connectivity index (χ4n) is 0.651. The summed E-state index contributed by atoms with van der Waals surface area (Å²) in [4.78, 5) is 1.35. The van der Waals surface area contributed by atoms with E-state index in [9.17, 15) is 0 Å². The molecule has 0 aromatic carbocycles. The molecule has 0 spiro atoms. The van der Waals surface area contributed by atoms with Crippen molar-refractivity contribution in [1.29, 1.82) is 0 Å². The molecule has 0 amide bonds. The first-order valence-corrected chi connectivity index (χ1v) is 4.09. The lowest BCUT2D eigenvalue weighted by atomic mass is 10.4. The summed E-state index contributed by atoms with van der Waals surface area (Å²) in [6.07, 6.45) is 0. The third kappa shape index (κ3) is 2.23. The first-order valence-electron chi connectivity index (χ1n) is 3.21. The summed E-state index contributed by atoms with van der Waals surface area (Å²) in [5.41, 5.74) is 1.02. The van der Waals surface area contributed by atoms with E-state index >= 15 is 0 Å². The Morgan fingerprint density at radius 1 is 1.80 bits per heavy atom. The minimum atomic E-state index is 0.910. The van der Waals surface area contributed by atoms with Gasteiger partial charge in [-0.1, -0.05) is 12.6 Å². The van der Waals surface area contributed by atoms with Crippen LogP contribution in [0.25, 0.3) is 0 Å². The normalized spacial score (nSPS) is 9.30. The Labute approximate surface area is 65.4 Å². The summed E-state index contributed by atoms with van der Waals surface area (Å²) in [5.74, 6) is 0. The van der Waals surface area contributed by atoms with Gasteiger partial charge in [-0.3, -0.25) is 0 Å². The fraction of sp³-hybridized carbons (Fsp3) is 0.250. The molecule has 0 radical (unpaired) electrons. The predicted molar refractivity (Wildman–Crippen MR) is 46.0 cm³/mol. The monoisotopic (exact) mass is 153 g/mol.